The van der Waals surface area contributed by atoms with Crippen LogP contribution in [0.3, 0.4) is 0 Å². The van der Waals surface area contributed by atoms with Crippen molar-refractivity contribution in [3.05, 3.63) is 66.1 Å². The van der Waals surface area contributed by atoms with Gasteiger partial charge in [-0.1, -0.05) is 35.5 Å². The number of amides is 1. The number of nitrogens with zero attached hydrogens (tertiary/aromatic N) is 3. The quantitative estimate of drug-likeness (QED) is 0.481. The summed E-state index contributed by atoms with van der Waals surface area (Å²) in [5, 5.41) is 4.06. The van der Waals surface area contributed by atoms with E-state index in [4.69, 9.17) is 14.0 Å². The molecule has 7 heteroatoms. The summed E-state index contributed by atoms with van der Waals surface area (Å²) in [6.07, 6.45) is 3.88. The van der Waals surface area contributed by atoms with Crippen LogP contribution in [0.2, 0.25) is 0 Å². The van der Waals surface area contributed by atoms with Crippen molar-refractivity contribution < 1.29 is 18.8 Å². The third-order valence-corrected chi connectivity index (χ3v) is 4.80. The van der Waals surface area contributed by atoms with Crippen LogP contribution < -0.4 is 9.47 Å². The van der Waals surface area contributed by atoms with Crippen LogP contribution in [0.4, 0.5) is 0 Å². The van der Waals surface area contributed by atoms with Gasteiger partial charge in [-0.05, 0) is 43.7 Å². The number of hydrogen-bond donors (Lipinski definition) is 0. The van der Waals surface area contributed by atoms with Crippen molar-refractivity contribution >= 4 is 12.0 Å². The zero-order chi connectivity index (χ0) is 22.2. The van der Waals surface area contributed by atoms with E-state index in [9.17, 15) is 4.79 Å². The van der Waals surface area contributed by atoms with Crippen LogP contribution in [-0.4, -0.2) is 47.8 Å². The van der Waals surface area contributed by atoms with Crippen LogP contribution in [0.15, 0.2) is 59.1 Å². The molecule has 0 unspecified atom stereocenters. The molecule has 0 atom stereocenters. The van der Waals surface area contributed by atoms with Gasteiger partial charge in [0.1, 0.15) is 0 Å². The topological polar surface area (TPSA) is 77.7 Å². The van der Waals surface area contributed by atoms with Crippen LogP contribution >= 0.6 is 0 Å². The minimum Gasteiger partial charge on any atom is -0.493 e. The number of aromatic nitrogens is 2. The standard InChI is InChI=1S/C24H27N3O4/c1-17(2)27(23(28)13-10-18-8-6-5-7-9-18)15-14-22-25-24(26-31-22)19-11-12-20(29-3)21(16-19)30-4/h5-13,16-17H,14-15H2,1-4H3. The van der Waals surface area contributed by atoms with Gasteiger partial charge in [-0.3, -0.25) is 4.79 Å². The predicted octanol–water partition coefficient (Wildman–Crippen LogP) is 4.25. The normalized spacial score (nSPS) is 11.1. The molecule has 0 spiro atoms. The molecule has 1 amide bonds. The molecule has 0 aliphatic carbocycles. The summed E-state index contributed by atoms with van der Waals surface area (Å²) in [7, 11) is 3.16. The molecule has 0 bridgehead atoms. The maximum absolute atomic E-state index is 12.7. The lowest BCUT2D eigenvalue weighted by atomic mass is 10.2. The fourth-order valence-electron chi connectivity index (χ4n) is 3.12. The molecule has 3 aromatic rings. The number of benzene rings is 2. The SMILES string of the molecule is COc1ccc(-c2noc(CCN(C(=O)C=Cc3ccccc3)C(C)C)n2)cc1OC. The highest BCUT2D eigenvalue weighted by atomic mass is 16.5. The Balaban J connectivity index is 1.66. The summed E-state index contributed by atoms with van der Waals surface area (Å²) < 4.78 is 16.0. The molecule has 7 nitrogen and oxygen atoms in total. The maximum atomic E-state index is 12.7. The Morgan fingerprint density at radius 2 is 1.84 bits per heavy atom. The summed E-state index contributed by atoms with van der Waals surface area (Å²) >= 11 is 0. The maximum Gasteiger partial charge on any atom is 0.246 e. The first-order valence-corrected chi connectivity index (χ1v) is 10.1. The first-order chi connectivity index (χ1) is 15.0. The van der Waals surface area contributed by atoms with E-state index >= 15 is 0 Å². The van der Waals surface area contributed by atoms with Crippen molar-refractivity contribution in [1.82, 2.24) is 15.0 Å². The molecular weight excluding hydrogens is 394 g/mol. The zero-order valence-corrected chi connectivity index (χ0v) is 18.2. The lowest BCUT2D eigenvalue weighted by Gasteiger charge is -2.24. The van der Waals surface area contributed by atoms with E-state index in [1.165, 1.54) is 0 Å². The van der Waals surface area contributed by atoms with Gasteiger partial charge in [0, 0.05) is 30.6 Å². The smallest absolute Gasteiger partial charge is 0.246 e. The van der Waals surface area contributed by atoms with Crippen LogP contribution in [0.5, 0.6) is 11.5 Å². The minimum atomic E-state index is -0.0570. The fraction of sp³-hybridized carbons (Fsp3) is 0.292. The third-order valence-electron chi connectivity index (χ3n) is 4.80. The van der Waals surface area contributed by atoms with Crippen LogP contribution in [0.25, 0.3) is 17.5 Å². The van der Waals surface area contributed by atoms with Gasteiger partial charge in [0.2, 0.25) is 17.6 Å². The number of methoxy groups -OCH3 is 2. The monoisotopic (exact) mass is 421 g/mol. The van der Waals surface area contributed by atoms with Gasteiger partial charge < -0.3 is 18.9 Å². The molecule has 0 saturated heterocycles. The van der Waals surface area contributed by atoms with Gasteiger partial charge in [-0.25, -0.2) is 0 Å². The van der Waals surface area contributed by atoms with E-state index in [0.29, 0.717) is 36.2 Å². The van der Waals surface area contributed by atoms with Gasteiger partial charge in [0.05, 0.1) is 14.2 Å². The van der Waals surface area contributed by atoms with Gasteiger partial charge in [0.25, 0.3) is 0 Å². The Morgan fingerprint density at radius 3 is 2.52 bits per heavy atom. The molecule has 31 heavy (non-hydrogen) atoms. The number of rotatable bonds is 9. The Kier molecular flexibility index (Phi) is 7.43. The largest absolute Gasteiger partial charge is 0.493 e. The molecule has 1 aromatic heterocycles. The van der Waals surface area contributed by atoms with Crippen LogP contribution in [-0.2, 0) is 11.2 Å². The number of carbonyl (C=O) groups is 1. The van der Waals surface area contributed by atoms with Crippen molar-refractivity contribution in [2.75, 3.05) is 20.8 Å². The van der Waals surface area contributed by atoms with Crippen molar-refractivity contribution in [3.8, 4) is 22.9 Å². The first-order valence-electron chi connectivity index (χ1n) is 10.1. The fourth-order valence-corrected chi connectivity index (χ4v) is 3.12. The lowest BCUT2D eigenvalue weighted by molar-refractivity contribution is -0.127. The molecular formula is C24H27N3O4. The van der Waals surface area contributed by atoms with Crippen molar-refractivity contribution in [1.29, 1.82) is 0 Å². The van der Waals surface area contributed by atoms with Crippen molar-refractivity contribution in [3.63, 3.8) is 0 Å². The summed E-state index contributed by atoms with van der Waals surface area (Å²) in [5.41, 5.74) is 1.74. The van der Waals surface area contributed by atoms with Crippen LogP contribution in [0.1, 0.15) is 25.3 Å². The molecule has 1 heterocycles. The highest BCUT2D eigenvalue weighted by molar-refractivity contribution is 5.92. The second-order valence-corrected chi connectivity index (χ2v) is 7.20. The third kappa shape index (κ3) is 5.72. The van der Waals surface area contributed by atoms with Crippen molar-refractivity contribution in [2.45, 2.75) is 26.3 Å². The molecule has 162 valence electrons. The molecule has 2 aromatic carbocycles. The summed E-state index contributed by atoms with van der Waals surface area (Å²) in [4.78, 5) is 18.9. The lowest BCUT2D eigenvalue weighted by Crippen LogP contribution is -2.37. The second kappa shape index (κ2) is 10.4. The molecule has 0 saturated carbocycles. The van der Waals surface area contributed by atoms with Crippen molar-refractivity contribution in [2.24, 2.45) is 0 Å². The molecule has 0 N–H and O–H groups in total. The van der Waals surface area contributed by atoms with Gasteiger partial charge >= 0.3 is 0 Å². The number of ether oxygens (including phenoxy) is 2. The Hall–Kier alpha value is -3.61. The van der Waals surface area contributed by atoms with E-state index in [0.717, 1.165) is 11.1 Å². The van der Waals surface area contributed by atoms with Crippen LogP contribution in [0, 0.1) is 0 Å². The van der Waals surface area contributed by atoms with Gasteiger partial charge in [0.15, 0.2) is 11.5 Å². The summed E-state index contributed by atoms with van der Waals surface area (Å²) in [6.45, 7) is 4.44. The Bertz CT molecular complexity index is 1030. The Labute approximate surface area is 182 Å². The second-order valence-electron chi connectivity index (χ2n) is 7.20. The zero-order valence-electron chi connectivity index (χ0n) is 18.2. The predicted molar refractivity (Wildman–Crippen MR) is 119 cm³/mol. The molecule has 3 rings (SSSR count). The molecule has 0 aliphatic heterocycles. The number of carbonyl (C=O) groups excluding carboxylic acids is 1. The highest BCUT2D eigenvalue weighted by Gasteiger charge is 2.17. The van der Waals surface area contributed by atoms with E-state index < -0.39 is 0 Å². The average Bonchev–Trinajstić information content (AvgIpc) is 3.26. The summed E-state index contributed by atoms with van der Waals surface area (Å²) in [5.74, 6) is 2.09. The minimum absolute atomic E-state index is 0.0427. The molecule has 0 aliphatic rings. The summed E-state index contributed by atoms with van der Waals surface area (Å²) in [6, 6.07) is 15.2. The highest BCUT2D eigenvalue weighted by Crippen LogP contribution is 2.31. The van der Waals surface area contributed by atoms with Gasteiger partial charge in [-0.2, -0.15) is 4.98 Å². The Morgan fingerprint density at radius 1 is 1.10 bits per heavy atom. The molecule has 0 fully saturated rings. The first kappa shape index (κ1) is 22.1. The van der Waals surface area contributed by atoms with E-state index in [-0.39, 0.29) is 11.9 Å². The molecule has 0 radical (unpaired) electrons. The number of hydrogen-bond acceptors (Lipinski definition) is 6. The average molecular weight is 421 g/mol. The van der Waals surface area contributed by atoms with E-state index in [1.807, 2.05) is 56.3 Å². The van der Waals surface area contributed by atoms with Gasteiger partial charge in [-0.15, -0.1) is 0 Å². The van der Waals surface area contributed by atoms with E-state index in [1.54, 1.807) is 37.3 Å². The van der Waals surface area contributed by atoms with E-state index in [2.05, 4.69) is 10.1 Å².